The summed E-state index contributed by atoms with van der Waals surface area (Å²) in [4.78, 5) is 12.5. The summed E-state index contributed by atoms with van der Waals surface area (Å²) in [5, 5.41) is 3.81. The Balaban J connectivity index is 2.14. The van der Waals surface area contributed by atoms with Gasteiger partial charge in [0.15, 0.2) is 0 Å². The van der Waals surface area contributed by atoms with Crippen LogP contribution in [0.15, 0.2) is 18.2 Å². The molecular weight excluding hydrogens is 290 g/mol. The van der Waals surface area contributed by atoms with Crippen LogP contribution in [0.5, 0.6) is 5.75 Å². The maximum atomic E-state index is 12.5. The maximum Gasteiger partial charge on any atom is 0.342 e. The highest BCUT2D eigenvalue weighted by Crippen LogP contribution is 2.31. The van der Waals surface area contributed by atoms with Crippen LogP contribution in [0.1, 0.15) is 37.0 Å². The van der Waals surface area contributed by atoms with Crippen molar-refractivity contribution in [3.8, 4) is 5.75 Å². The van der Waals surface area contributed by atoms with Gasteiger partial charge in [0.05, 0.1) is 7.11 Å². The molecule has 1 aromatic rings. The van der Waals surface area contributed by atoms with Crippen molar-refractivity contribution in [3.63, 3.8) is 0 Å². The Morgan fingerprint density at radius 3 is 2.62 bits per heavy atom. The zero-order valence-electron chi connectivity index (χ0n) is 12.7. The lowest BCUT2D eigenvalue weighted by atomic mass is 9.83. The van der Waals surface area contributed by atoms with E-state index in [4.69, 9.17) is 21.1 Å². The molecule has 1 aliphatic rings. The van der Waals surface area contributed by atoms with Crippen molar-refractivity contribution < 1.29 is 14.3 Å². The van der Waals surface area contributed by atoms with Gasteiger partial charge in [0.25, 0.3) is 0 Å². The van der Waals surface area contributed by atoms with Gasteiger partial charge in [0.2, 0.25) is 0 Å². The average molecular weight is 312 g/mol. The second-order valence-corrected chi connectivity index (χ2v) is 6.30. The molecule has 1 aliphatic heterocycles. The van der Waals surface area contributed by atoms with Crippen molar-refractivity contribution in [3.05, 3.63) is 28.8 Å². The normalized spacial score (nSPS) is 16.6. The molecule has 1 saturated heterocycles. The number of methoxy groups -OCH3 is 1. The minimum atomic E-state index is -0.507. The van der Waals surface area contributed by atoms with E-state index in [-0.39, 0.29) is 0 Å². The number of esters is 1. The molecule has 0 unspecified atom stereocenters. The molecule has 0 radical (unpaired) electrons. The van der Waals surface area contributed by atoms with Gasteiger partial charge in [-0.2, -0.15) is 0 Å². The molecule has 1 N–H and O–H groups in total. The first-order valence-corrected chi connectivity index (χ1v) is 7.59. The monoisotopic (exact) mass is 311 g/mol. The largest absolute Gasteiger partial charge is 0.496 e. The first kappa shape index (κ1) is 16.1. The zero-order chi connectivity index (χ0) is 15.5. The molecule has 1 fully saturated rings. The molecule has 0 spiro atoms. The van der Waals surface area contributed by atoms with E-state index in [1.54, 1.807) is 18.2 Å². The molecule has 0 saturated carbocycles. The van der Waals surface area contributed by atoms with Crippen molar-refractivity contribution in [2.24, 2.45) is 5.92 Å². The van der Waals surface area contributed by atoms with Crippen LogP contribution in [0.25, 0.3) is 0 Å². The lowest BCUT2D eigenvalue weighted by molar-refractivity contribution is -0.0370. The van der Waals surface area contributed by atoms with E-state index in [0.29, 0.717) is 22.3 Å². The zero-order valence-corrected chi connectivity index (χ0v) is 13.5. The summed E-state index contributed by atoms with van der Waals surface area (Å²) in [7, 11) is 1.53. The van der Waals surface area contributed by atoms with Gasteiger partial charge in [-0.05, 0) is 58.0 Å². The third-order valence-electron chi connectivity index (χ3n) is 4.06. The number of rotatable bonds is 4. The summed E-state index contributed by atoms with van der Waals surface area (Å²) in [5.74, 6) is 0.441. The van der Waals surface area contributed by atoms with Crippen molar-refractivity contribution in [2.45, 2.75) is 32.3 Å². The number of piperidine rings is 1. The SMILES string of the molecule is COc1ccc(Cl)cc1C(=O)OC(C)(C)C1CCNCC1. The van der Waals surface area contributed by atoms with Crippen LogP contribution in [-0.2, 0) is 4.74 Å². The first-order valence-electron chi connectivity index (χ1n) is 7.21. The smallest absolute Gasteiger partial charge is 0.342 e. The fourth-order valence-corrected chi connectivity index (χ4v) is 2.91. The second-order valence-electron chi connectivity index (χ2n) is 5.86. The van der Waals surface area contributed by atoms with Crippen LogP contribution in [-0.4, -0.2) is 31.8 Å². The Morgan fingerprint density at radius 1 is 1.33 bits per heavy atom. The van der Waals surface area contributed by atoms with Crippen molar-refractivity contribution in [2.75, 3.05) is 20.2 Å². The molecule has 5 heteroatoms. The summed E-state index contributed by atoms with van der Waals surface area (Å²) in [6.45, 7) is 5.87. The number of carbonyl (C=O) groups is 1. The van der Waals surface area contributed by atoms with E-state index in [1.165, 1.54) is 7.11 Å². The Labute approximate surface area is 130 Å². The van der Waals surface area contributed by atoms with Gasteiger partial charge < -0.3 is 14.8 Å². The molecule has 1 heterocycles. The van der Waals surface area contributed by atoms with Gasteiger partial charge in [-0.25, -0.2) is 4.79 Å². The van der Waals surface area contributed by atoms with E-state index in [2.05, 4.69) is 5.32 Å². The van der Waals surface area contributed by atoms with Crippen LogP contribution >= 0.6 is 11.6 Å². The van der Waals surface area contributed by atoms with E-state index in [1.807, 2.05) is 13.8 Å². The molecule has 0 aliphatic carbocycles. The van der Waals surface area contributed by atoms with Crippen LogP contribution in [0.3, 0.4) is 0 Å². The fraction of sp³-hybridized carbons (Fsp3) is 0.562. The summed E-state index contributed by atoms with van der Waals surface area (Å²) >= 11 is 5.97. The number of halogens is 1. The Bertz CT molecular complexity index is 510. The highest BCUT2D eigenvalue weighted by molar-refractivity contribution is 6.31. The molecule has 21 heavy (non-hydrogen) atoms. The summed E-state index contributed by atoms with van der Waals surface area (Å²) in [5.41, 5.74) is -0.140. The van der Waals surface area contributed by atoms with Gasteiger partial charge in [-0.3, -0.25) is 0 Å². The fourth-order valence-electron chi connectivity index (χ4n) is 2.73. The number of hydrogen-bond donors (Lipinski definition) is 1. The molecule has 4 nitrogen and oxygen atoms in total. The van der Waals surface area contributed by atoms with E-state index >= 15 is 0 Å². The quantitative estimate of drug-likeness (QED) is 0.867. The van der Waals surface area contributed by atoms with Crippen LogP contribution in [0, 0.1) is 5.92 Å². The topological polar surface area (TPSA) is 47.6 Å². The molecule has 0 bridgehead atoms. The highest BCUT2D eigenvalue weighted by Gasteiger charge is 2.35. The number of carbonyl (C=O) groups excluding carboxylic acids is 1. The van der Waals surface area contributed by atoms with E-state index < -0.39 is 11.6 Å². The van der Waals surface area contributed by atoms with Crippen molar-refractivity contribution in [1.29, 1.82) is 0 Å². The van der Waals surface area contributed by atoms with Crippen LogP contribution in [0.4, 0.5) is 0 Å². The second kappa shape index (κ2) is 6.67. The lowest BCUT2D eigenvalue weighted by Crippen LogP contribution is -2.42. The molecule has 0 amide bonds. The van der Waals surface area contributed by atoms with Crippen molar-refractivity contribution >= 4 is 17.6 Å². The van der Waals surface area contributed by atoms with Gasteiger partial charge in [0, 0.05) is 10.9 Å². The predicted molar refractivity (Wildman–Crippen MR) is 83.1 cm³/mol. The number of ether oxygens (including phenoxy) is 2. The number of hydrogen-bond acceptors (Lipinski definition) is 4. The molecule has 0 atom stereocenters. The summed E-state index contributed by atoms with van der Waals surface area (Å²) < 4.78 is 11.0. The molecule has 2 rings (SSSR count). The molecule has 116 valence electrons. The summed E-state index contributed by atoms with van der Waals surface area (Å²) in [6.07, 6.45) is 2.01. The van der Waals surface area contributed by atoms with Gasteiger partial charge in [-0.1, -0.05) is 11.6 Å². The minimum absolute atomic E-state index is 0.355. The van der Waals surface area contributed by atoms with Crippen LogP contribution in [0.2, 0.25) is 5.02 Å². The van der Waals surface area contributed by atoms with Gasteiger partial charge in [-0.15, -0.1) is 0 Å². The number of benzene rings is 1. The predicted octanol–water partition coefficient (Wildman–Crippen LogP) is 3.28. The molecular formula is C16H22ClNO3. The van der Waals surface area contributed by atoms with E-state index in [9.17, 15) is 4.79 Å². The standard InChI is InChI=1S/C16H22ClNO3/c1-16(2,11-6-8-18-9-7-11)21-15(19)13-10-12(17)4-5-14(13)20-3/h4-5,10-11,18H,6-9H2,1-3H3. The Kier molecular flexibility index (Phi) is 5.12. The third kappa shape index (κ3) is 3.89. The first-order chi connectivity index (χ1) is 9.94. The van der Waals surface area contributed by atoms with Gasteiger partial charge in [0.1, 0.15) is 16.9 Å². The number of nitrogens with one attached hydrogen (secondary N) is 1. The van der Waals surface area contributed by atoms with E-state index in [0.717, 1.165) is 25.9 Å². The molecule has 0 aromatic heterocycles. The third-order valence-corrected chi connectivity index (χ3v) is 4.29. The molecule has 1 aromatic carbocycles. The maximum absolute atomic E-state index is 12.5. The van der Waals surface area contributed by atoms with Crippen LogP contribution < -0.4 is 10.1 Å². The van der Waals surface area contributed by atoms with Gasteiger partial charge >= 0.3 is 5.97 Å². The highest BCUT2D eigenvalue weighted by atomic mass is 35.5. The average Bonchev–Trinajstić information content (AvgIpc) is 2.47. The Hall–Kier alpha value is -1.26. The minimum Gasteiger partial charge on any atom is -0.496 e. The Morgan fingerprint density at radius 2 is 2.00 bits per heavy atom. The summed E-state index contributed by atoms with van der Waals surface area (Å²) in [6, 6.07) is 4.95. The van der Waals surface area contributed by atoms with Crippen molar-refractivity contribution in [1.82, 2.24) is 5.32 Å². The lowest BCUT2D eigenvalue weighted by Gasteiger charge is -2.36.